The average molecular weight is 510 g/mol. The molecule has 1 atom stereocenters. The van der Waals surface area contributed by atoms with Crippen LogP contribution in [0.4, 0.5) is 5.69 Å². The molecule has 4 heteroatoms. The Bertz CT molecular complexity index is 1290. The van der Waals surface area contributed by atoms with Crippen LogP contribution in [0.2, 0.25) is 0 Å². The highest BCUT2D eigenvalue weighted by Gasteiger charge is 2.30. The van der Waals surface area contributed by atoms with Gasteiger partial charge in [0.2, 0.25) is 0 Å². The number of hydrogen-bond acceptors (Lipinski definition) is 3. The Labute approximate surface area is 229 Å². The minimum absolute atomic E-state index is 0.133. The van der Waals surface area contributed by atoms with Crippen molar-refractivity contribution in [2.45, 2.75) is 52.9 Å². The first kappa shape index (κ1) is 27.7. The van der Waals surface area contributed by atoms with Crippen LogP contribution in [0, 0.1) is 0 Å². The standard InChI is InChI=1S/C34H43N3O/c1-7-10-12-30-31(35)18-17-28-23(4)24(5)32(27(9-3)29(11-8-2)33(28)30)25-13-15-26(16-14-25)34(38)37-21-19-36(6)20-22-37/h7,10,12-18,32H,1,8-9,11,19-22,35H2,2-6H3. The monoisotopic (exact) mass is 509 g/mol. The number of nitrogens with zero attached hydrogens (tertiary/aromatic N) is 2. The van der Waals surface area contributed by atoms with Gasteiger partial charge in [0.15, 0.2) is 0 Å². The maximum Gasteiger partial charge on any atom is 0.253 e. The van der Waals surface area contributed by atoms with Crippen LogP contribution in [0.3, 0.4) is 0 Å². The number of carbonyl (C=O) groups is 1. The first-order chi connectivity index (χ1) is 18.3. The van der Waals surface area contributed by atoms with Gasteiger partial charge in [-0.15, -0.1) is 0 Å². The minimum atomic E-state index is 0.133. The van der Waals surface area contributed by atoms with Crippen LogP contribution in [0.5, 0.6) is 0 Å². The number of hydrogen-bond donors (Lipinski definition) is 1. The van der Waals surface area contributed by atoms with Crippen LogP contribution in [0.1, 0.15) is 85.5 Å². The Kier molecular flexibility index (Phi) is 8.73. The van der Waals surface area contributed by atoms with Gasteiger partial charge in [0.25, 0.3) is 5.91 Å². The maximum atomic E-state index is 13.2. The molecule has 0 bridgehead atoms. The normalized spacial score (nSPS) is 18.7. The van der Waals surface area contributed by atoms with Gasteiger partial charge in [-0.2, -0.15) is 0 Å². The molecule has 2 N–H and O–H groups in total. The molecular formula is C34H43N3O. The number of benzene rings is 2. The highest BCUT2D eigenvalue weighted by molar-refractivity contribution is 5.95. The summed E-state index contributed by atoms with van der Waals surface area (Å²) in [6.07, 6.45) is 8.89. The number of allylic oxidation sites excluding steroid dienone is 6. The van der Waals surface area contributed by atoms with Gasteiger partial charge in [-0.3, -0.25) is 4.79 Å². The van der Waals surface area contributed by atoms with Gasteiger partial charge in [0.1, 0.15) is 0 Å². The van der Waals surface area contributed by atoms with Crippen molar-refractivity contribution in [3.8, 4) is 0 Å². The van der Waals surface area contributed by atoms with Crippen LogP contribution >= 0.6 is 0 Å². The molecule has 38 heavy (non-hydrogen) atoms. The van der Waals surface area contributed by atoms with Crippen LogP contribution in [0.25, 0.3) is 17.2 Å². The smallest absolute Gasteiger partial charge is 0.253 e. The summed E-state index contributed by atoms with van der Waals surface area (Å²) in [6, 6.07) is 12.6. The van der Waals surface area contributed by atoms with E-state index in [1.807, 2.05) is 29.2 Å². The fourth-order valence-corrected chi connectivity index (χ4v) is 6.06. The lowest BCUT2D eigenvalue weighted by Gasteiger charge is -2.32. The second-order valence-electron chi connectivity index (χ2n) is 10.7. The predicted octanol–water partition coefficient (Wildman–Crippen LogP) is 7.41. The summed E-state index contributed by atoms with van der Waals surface area (Å²) >= 11 is 0. The zero-order chi connectivity index (χ0) is 27.4. The first-order valence-corrected chi connectivity index (χ1v) is 14.0. The molecule has 2 aliphatic rings. The molecule has 1 unspecified atom stereocenters. The van der Waals surface area contributed by atoms with E-state index in [0.29, 0.717) is 0 Å². The quantitative estimate of drug-likeness (QED) is 0.312. The molecule has 0 aromatic heterocycles. The molecule has 2 aromatic rings. The van der Waals surface area contributed by atoms with Crippen LogP contribution < -0.4 is 5.73 Å². The van der Waals surface area contributed by atoms with E-state index in [2.05, 4.69) is 70.5 Å². The number of nitrogens with two attached hydrogens (primary N) is 1. The van der Waals surface area contributed by atoms with Gasteiger partial charge >= 0.3 is 0 Å². The lowest BCUT2D eigenvalue weighted by atomic mass is 9.79. The summed E-state index contributed by atoms with van der Waals surface area (Å²) in [6.45, 7) is 16.3. The number of nitrogen functional groups attached to an aromatic ring is 1. The van der Waals surface area contributed by atoms with E-state index in [-0.39, 0.29) is 11.8 Å². The number of amides is 1. The van der Waals surface area contributed by atoms with Gasteiger partial charge in [-0.05, 0) is 79.8 Å². The van der Waals surface area contributed by atoms with Crippen molar-refractivity contribution in [2.75, 3.05) is 39.0 Å². The molecule has 1 amide bonds. The molecule has 200 valence electrons. The molecule has 1 aliphatic carbocycles. The largest absolute Gasteiger partial charge is 0.398 e. The SMILES string of the molecule is C=CC=Cc1c(N)ccc2c1C(CCC)=C(CC)C(c1ccc(C(=O)N3CCN(C)CC3)cc1)C(C)=C2C. The molecule has 4 rings (SSSR count). The molecule has 0 saturated carbocycles. The van der Waals surface area contributed by atoms with E-state index in [0.717, 1.165) is 62.3 Å². The van der Waals surface area contributed by atoms with Gasteiger partial charge in [0, 0.05) is 48.9 Å². The number of likely N-dealkylation sites (N-methyl/N-ethyl adjacent to an activating group) is 1. The zero-order valence-corrected chi connectivity index (χ0v) is 23.8. The summed E-state index contributed by atoms with van der Waals surface area (Å²) in [5.41, 5.74) is 18.5. The van der Waals surface area contributed by atoms with E-state index >= 15 is 0 Å². The lowest BCUT2D eigenvalue weighted by Crippen LogP contribution is -2.47. The minimum Gasteiger partial charge on any atom is -0.398 e. The summed E-state index contributed by atoms with van der Waals surface area (Å²) in [5.74, 6) is 0.299. The molecule has 1 aliphatic heterocycles. The Morgan fingerprint density at radius 2 is 1.74 bits per heavy atom. The summed E-state index contributed by atoms with van der Waals surface area (Å²) in [7, 11) is 2.11. The van der Waals surface area contributed by atoms with E-state index in [1.54, 1.807) is 6.08 Å². The number of fused-ring (bicyclic) bond motifs is 1. The molecule has 0 spiro atoms. The molecule has 1 saturated heterocycles. The van der Waals surface area contributed by atoms with Crippen LogP contribution in [-0.2, 0) is 0 Å². The number of carbonyl (C=O) groups excluding carboxylic acids is 1. The maximum absolute atomic E-state index is 13.2. The van der Waals surface area contributed by atoms with Gasteiger partial charge < -0.3 is 15.5 Å². The Balaban J connectivity index is 1.83. The Morgan fingerprint density at radius 1 is 1.05 bits per heavy atom. The highest BCUT2D eigenvalue weighted by Crippen LogP contribution is 2.48. The predicted molar refractivity (Wildman–Crippen MR) is 163 cm³/mol. The van der Waals surface area contributed by atoms with Crippen molar-refractivity contribution in [1.29, 1.82) is 0 Å². The summed E-state index contributed by atoms with van der Waals surface area (Å²) < 4.78 is 0. The Morgan fingerprint density at radius 3 is 2.34 bits per heavy atom. The molecule has 0 radical (unpaired) electrons. The number of anilines is 1. The van der Waals surface area contributed by atoms with Gasteiger partial charge in [-0.1, -0.05) is 74.4 Å². The van der Waals surface area contributed by atoms with Gasteiger partial charge in [-0.25, -0.2) is 0 Å². The van der Waals surface area contributed by atoms with Crippen molar-refractivity contribution >= 4 is 28.8 Å². The van der Waals surface area contributed by atoms with E-state index in [9.17, 15) is 4.79 Å². The topological polar surface area (TPSA) is 49.6 Å². The Hall–Kier alpha value is -3.37. The highest BCUT2D eigenvalue weighted by atomic mass is 16.2. The van der Waals surface area contributed by atoms with Crippen LogP contribution in [0.15, 0.2) is 66.3 Å². The van der Waals surface area contributed by atoms with Crippen molar-refractivity contribution in [3.63, 3.8) is 0 Å². The second-order valence-corrected chi connectivity index (χ2v) is 10.7. The fraction of sp³-hybridized carbons (Fsp3) is 0.382. The first-order valence-electron chi connectivity index (χ1n) is 14.0. The third-order valence-corrected chi connectivity index (χ3v) is 8.31. The lowest BCUT2D eigenvalue weighted by molar-refractivity contribution is 0.0664. The molecule has 4 nitrogen and oxygen atoms in total. The summed E-state index contributed by atoms with van der Waals surface area (Å²) in [5, 5.41) is 0. The zero-order valence-electron chi connectivity index (χ0n) is 23.8. The van der Waals surface area contributed by atoms with E-state index in [4.69, 9.17) is 5.73 Å². The molecular weight excluding hydrogens is 466 g/mol. The van der Waals surface area contributed by atoms with Crippen LogP contribution in [-0.4, -0.2) is 48.9 Å². The second kappa shape index (κ2) is 12.0. The third kappa shape index (κ3) is 5.28. The van der Waals surface area contributed by atoms with E-state index < -0.39 is 0 Å². The molecule has 2 aromatic carbocycles. The third-order valence-electron chi connectivity index (χ3n) is 8.31. The number of rotatable bonds is 7. The van der Waals surface area contributed by atoms with Gasteiger partial charge in [0.05, 0.1) is 0 Å². The summed E-state index contributed by atoms with van der Waals surface area (Å²) in [4.78, 5) is 17.4. The molecule has 1 heterocycles. The average Bonchev–Trinajstić information content (AvgIpc) is 3.01. The van der Waals surface area contributed by atoms with Crippen molar-refractivity contribution in [3.05, 3.63) is 94.1 Å². The van der Waals surface area contributed by atoms with Crippen molar-refractivity contribution < 1.29 is 4.79 Å². The van der Waals surface area contributed by atoms with Crippen molar-refractivity contribution in [1.82, 2.24) is 9.80 Å². The number of piperazine rings is 1. The van der Waals surface area contributed by atoms with E-state index in [1.165, 1.54) is 39.0 Å². The van der Waals surface area contributed by atoms with Crippen molar-refractivity contribution in [2.24, 2.45) is 0 Å². The molecule has 1 fully saturated rings. The fourth-order valence-electron chi connectivity index (χ4n) is 6.06.